The smallest absolute Gasteiger partial charge is 0.407 e. The highest BCUT2D eigenvalue weighted by Crippen LogP contribution is 2.61. The summed E-state index contributed by atoms with van der Waals surface area (Å²) < 4.78 is 56.6. The van der Waals surface area contributed by atoms with Gasteiger partial charge in [0, 0.05) is 6.42 Å². The van der Waals surface area contributed by atoms with Crippen molar-refractivity contribution in [3.05, 3.63) is 0 Å². The van der Waals surface area contributed by atoms with Gasteiger partial charge in [0.15, 0.2) is 6.10 Å². The summed E-state index contributed by atoms with van der Waals surface area (Å²) in [6.45, 7) is 19.8. The molecule has 10 bridgehead atoms. The van der Waals surface area contributed by atoms with Crippen molar-refractivity contribution < 1.29 is 60.6 Å². The van der Waals surface area contributed by atoms with Gasteiger partial charge in [-0.25, -0.2) is 4.79 Å². The minimum Gasteiger partial charge on any atom is -0.463 e. The fourth-order valence-corrected chi connectivity index (χ4v) is 14.3. The van der Waals surface area contributed by atoms with E-state index < -0.39 is 62.3 Å². The molecule has 11 fully saturated rings. The molecule has 358 valence electrons. The number of hydrogen-bond donors (Lipinski definition) is 2. The fraction of sp³-hybridized carbons (Fsp3) is 0.917. The normalized spacial score (nSPS) is 40.6. The number of carbonyl (C=O) groups excluding carboxylic acids is 4. The summed E-state index contributed by atoms with van der Waals surface area (Å²) in [4.78, 5) is 48.5. The van der Waals surface area contributed by atoms with E-state index in [1.54, 1.807) is 13.8 Å². The van der Waals surface area contributed by atoms with Gasteiger partial charge in [-0.2, -0.15) is 8.42 Å². The highest BCUT2D eigenvalue weighted by atomic mass is 32.2. The molecule has 8 aliphatic carbocycles. The summed E-state index contributed by atoms with van der Waals surface area (Å²) in [6.07, 6.45) is 11.6. The molecule has 0 spiro atoms. The van der Waals surface area contributed by atoms with Crippen molar-refractivity contribution in [2.75, 3.05) is 13.2 Å². The number of fused-ring (bicyclic) bond motifs is 1. The zero-order chi connectivity index (χ0) is 46.1. The van der Waals surface area contributed by atoms with Gasteiger partial charge >= 0.3 is 24.0 Å². The van der Waals surface area contributed by atoms with Crippen LogP contribution < -0.4 is 5.32 Å². The molecule has 11 rings (SSSR count). The van der Waals surface area contributed by atoms with Crippen molar-refractivity contribution >= 4 is 34.1 Å². The molecule has 1 amide bonds. The Labute approximate surface area is 375 Å². The molecular weight excluding hydrogens is 831 g/mol. The molecule has 0 aromatic rings. The van der Waals surface area contributed by atoms with E-state index in [-0.39, 0.29) is 54.1 Å². The monoisotopic (exact) mass is 908 g/mol. The van der Waals surface area contributed by atoms with Gasteiger partial charge in [0.1, 0.15) is 35.3 Å². The second-order valence-corrected chi connectivity index (χ2v) is 25.0. The summed E-state index contributed by atoms with van der Waals surface area (Å²) in [5.74, 6) is 3.82. The van der Waals surface area contributed by atoms with Crippen LogP contribution in [0.15, 0.2) is 0 Å². The Hall–Kier alpha value is -2.49. The number of aliphatic hydroxyl groups is 1. The van der Waals surface area contributed by atoms with Crippen molar-refractivity contribution in [2.45, 2.75) is 212 Å². The summed E-state index contributed by atoms with van der Waals surface area (Å²) in [6, 6.07) is 0. The zero-order valence-corrected chi connectivity index (χ0v) is 40.4. The summed E-state index contributed by atoms with van der Waals surface area (Å²) in [5, 5.41) is 12.5. The molecule has 15 heteroatoms. The maximum atomic E-state index is 12.5. The Balaban J connectivity index is 0.000000144. The van der Waals surface area contributed by atoms with Crippen LogP contribution in [0.2, 0.25) is 0 Å². The Morgan fingerprint density at radius 1 is 0.698 bits per heavy atom. The largest absolute Gasteiger partial charge is 0.463 e. The molecule has 63 heavy (non-hydrogen) atoms. The third kappa shape index (κ3) is 9.69. The first-order valence-corrected chi connectivity index (χ1v) is 25.6. The highest BCUT2D eigenvalue weighted by molar-refractivity contribution is 7.87. The van der Waals surface area contributed by atoms with E-state index in [0.717, 1.165) is 50.4 Å². The van der Waals surface area contributed by atoms with Crippen LogP contribution in [0.3, 0.4) is 0 Å². The van der Waals surface area contributed by atoms with Crippen molar-refractivity contribution in [2.24, 2.45) is 51.8 Å². The second kappa shape index (κ2) is 17.3. The average molecular weight is 908 g/mol. The molecule has 3 aliphatic heterocycles. The summed E-state index contributed by atoms with van der Waals surface area (Å²) >= 11 is 0. The van der Waals surface area contributed by atoms with Gasteiger partial charge in [-0.15, -0.1) is 0 Å². The third-order valence-corrected chi connectivity index (χ3v) is 19.0. The zero-order valence-electron chi connectivity index (χ0n) is 39.6. The first-order valence-electron chi connectivity index (χ1n) is 24.1. The van der Waals surface area contributed by atoms with Crippen molar-refractivity contribution in [1.29, 1.82) is 0 Å². The van der Waals surface area contributed by atoms with Crippen LogP contribution >= 0.6 is 0 Å². The number of carbonyl (C=O) groups is 4. The van der Waals surface area contributed by atoms with Crippen LogP contribution in [0, 0.1) is 51.8 Å². The van der Waals surface area contributed by atoms with Crippen LogP contribution in [0.25, 0.3) is 0 Å². The van der Waals surface area contributed by atoms with Crippen LogP contribution in [0.1, 0.15) is 166 Å². The van der Waals surface area contributed by atoms with Gasteiger partial charge in [0.25, 0.3) is 10.1 Å². The minimum absolute atomic E-state index is 0.0185. The first-order chi connectivity index (χ1) is 29.3. The van der Waals surface area contributed by atoms with Crippen LogP contribution in [-0.2, 0) is 52.4 Å². The Morgan fingerprint density at radius 3 is 1.73 bits per heavy atom. The van der Waals surface area contributed by atoms with Crippen molar-refractivity contribution in [1.82, 2.24) is 5.32 Å². The van der Waals surface area contributed by atoms with E-state index in [0.29, 0.717) is 36.5 Å². The highest BCUT2D eigenvalue weighted by Gasteiger charge is 2.67. The number of amides is 1. The van der Waals surface area contributed by atoms with Crippen molar-refractivity contribution in [3.63, 3.8) is 0 Å². The standard InChI is InChI=1S/C17H28O2.C16H26O3.C15H23NO8S/c1-5-16(2,3)15(18)19-17(4)13-7-11-6-12(9-13)10-14(17)8-11;1-4-14(2,3)13(17)19-16-8-11-5-12(9-16)7-15(18,6-11)10-16;1-4-15(2,3)13(17)21-6-5-16-14(18)23-10-8-7-9-11(22-8)12(10)24-25(9,19)20/h11-14H,5-10H2,1-4H3;11-12,18H,4-10H2,1-3H3;8-12H,4-7H2,1-3H3,(H,16,18). The van der Waals surface area contributed by atoms with Gasteiger partial charge in [-0.3, -0.25) is 18.6 Å². The quantitative estimate of drug-likeness (QED) is 0.0846. The first kappa shape index (κ1) is 48.4. The fourth-order valence-electron chi connectivity index (χ4n) is 12.7. The van der Waals surface area contributed by atoms with Crippen LogP contribution in [-0.4, -0.2) is 97.1 Å². The molecule has 0 aromatic heterocycles. The number of ether oxygens (including phenoxy) is 5. The maximum Gasteiger partial charge on any atom is 0.407 e. The predicted molar refractivity (Wildman–Crippen MR) is 232 cm³/mol. The molecule has 7 atom stereocenters. The number of esters is 3. The topological polar surface area (TPSA) is 190 Å². The van der Waals surface area contributed by atoms with Crippen LogP contribution in [0.5, 0.6) is 0 Å². The lowest BCUT2D eigenvalue weighted by atomic mass is 9.50. The van der Waals surface area contributed by atoms with Gasteiger partial charge in [0.2, 0.25) is 0 Å². The minimum atomic E-state index is -3.64. The van der Waals surface area contributed by atoms with Gasteiger partial charge < -0.3 is 34.1 Å². The van der Waals surface area contributed by atoms with E-state index >= 15 is 0 Å². The van der Waals surface area contributed by atoms with E-state index in [4.69, 9.17) is 27.9 Å². The number of rotatable bonds is 12. The lowest BCUT2D eigenvalue weighted by Crippen LogP contribution is -2.61. The lowest BCUT2D eigenvalue weighted by molar-refractivity contribution is -0.225. The molecule has 7 unspecified atom stereocenters. The van der Waals surface area contributed by atoms with E-state index in [1.807, 2.05) is 41.5 Å². The Kier molecular flexibility index (Phi) is 13.3. The van der Waals surface area contributed by atoms with Gasteiger partial charge in [-0.1, -0.05) is 20.8 Å². The van der Waals surface area contributed by atoms with E-state index in [9.17, 15) is 32.7 Å². The number of alkyl carbamates (subject to hydrolysis) is 1. The lowest BCUT2D eigenvalue weighted by Gasteiger charge is -2.59. The third-order valence-electron chi connectivity index (χ3n) is 17.3. The average Bonchev–Trinajstić information content (AvgIpc) is 3.82. The molecule has 3 heterocycles. The molecule has 8 saturated carbocycles. The molecule has 0 radical (unpaired) electrons. The van der Waals surface area contributed by atoms with E-state index in [1.165, 1.54) is 38.5 Å². The summed E-state index contributed by atoms with van der Waals surface area (Å²) in [5.41, 5.74) is -2.40. The van der Waals surface area contributed by atoms with E-state index in [2.05, 4.69) is 19.2 Å². The molecule has 0 aromatic carbocycles. The molecule has 14 nitrogen and oxygen atoms in total. The maximum absolute atomic E-state index is 12.5. The van der Waals surface area contributed by atoms with Crippen molar-refractivity contribution in [3.8, 4) is 0 Å². The molecule has 3 saturated heterocycles. The second-order valence-electron chi connectivity index (χ2n) is 23.2. The number of hydrogen-bond acceptors (Lipinski definition) is 13. The van der Waals surface area contributed by atoms with Gasteiger partial charge in [-0.05, 0) is 174 Å². The van der Waals surface area contributed by atoms with Crippen LogP contribution in [0.4, 0.5) is 4.79 Å². The molecule has 2 N–H and O–H groups in total. The summed E-state index contributed by atoms with van der Waals surface area (Å²) in [7, 11) is -3.64. The SMILES string of the molecule is CCC(C)(C)C(=O)OC1(C)C2CC3CC(C2)CC1C3.CCC(C)(C)C(=O)OC12CC3CC(CC(O)(C3)C1)C2.CCC(C)(C)C(=O)OCCNC(=O)OC1C2CC3C(O2)C1OS3(=O)=O. The number of nitrogens with one attached hydrogen (secondary N) is 1. The van der Waals surface area contributed by atoms with Gasteiger partial charge in [0.05, 0.1) is 34.5 Å². The molecule has 11 aliphatic rings. The Morgan fingerprint density at radius 2 is 1.21 bits per heavy atom. The molecular formula is C48H77NO13S. The predicted octanol–water partition coefficient (Wildman–Crippen LogP) is 7.56. The Bertz CT molecular complexity index is 1820.